The Labute approximate surface area is 63.1 Å². The van der Waals surface area contributed by atoms with Crippen LogP contribution in [0.25, 0.3) is 0 Å². The Bertz CT molecular complexity index is 242. The minimum Gasteiger partial charge on any atom is -0.393 e. The molecule has 0 aromatic carbocycles. The van der Waals surface area contributed by atoms with Gasteiger partial charge in [-0.05, 0) is 6.07 Å². The number of aromatic nitrogens is 1. The molecule has 0 aliphatic carbocycles. The first-order valence-corrected chi connectivity index (χ1v) is 3.14. The van der Waals surface area contributed by atoms with E-state index in [0.717, 1.165) is 6.20 Å². The number of hydrogen-bond donors (Lipinski definition) is 2. The van der Waals surface area contributed by atoms with Crippen LogP contribution in [0.2, 0.25) is 0 Å². The molecule has 1 unspecified atom stereocenters. The molecule has 1 atom stereocenters. The molecule has 0 aliphatic rings. The fourth-order valence-electron chi connectivity index (χ4n) is 0.755. The molecule has 0 fully saturated rings. The first-order chi connectivity index (χ1) is 5.25. The van der Waals surface area contributed by atoms with Crippen LogP contribution in [0.3, 0.4) is 0 Å². The fraction of sp³-hybridized carbons (Fsp3) is 0.286. The highest BCUT2D eigenvalue weighted by molar-refractivity contribution is 5.15. The van der Waals surface area contributed by atoms with Gasteiger partial charge in [0, 0.05) is 11.8 Å². The van der Waals surface area contributed by atoms with E-state index in [1.54, 1.807) is 0 Å². The summed E-state index contributed by atoms with van der Waals surface area (Å²) < 4.78 is 12.7. The monoisotopic (exact) mass is 157 g/mol. The predicted molar refractivity (Wildman–Crippen MR) is 36.2 cm³/mol. The summed E-state index contributed by atoms with van der Waals surface area (Å²) in [5.41, 5.74) is 0.0718. The predicted octanol–water partition coefficient (Wildman–Crippen LogP) is 0.246. The summed E-state index contributed by atoms with van der Waals surface area (Å²) >= 11 is 0. The first kappa shape index (κ1) is 8.10. The van der Waals surface area contributed by atoms with Crippen molar-refractivity contribution in [2.45, 2.75) is 6.10 Å². The molecule has 1 aromatic rings. The van der Waals surface area contributed by atoms with Gasteiger partial charge in [-0.3, -0.25) is 4.98 Å². The fourth-order valence-corrected chi connectivity index (χ4v) is 0.755. The zero-order chi connectivity index (χ0) is 8.27. The van der Waals surface area contributed by atoms with Gasteiger partial charge in [0.1, 0.15) is 11.9 Å². The van der Waals surface area contributed by atoms with Crippen LogP contribution in [0.5, 0.6) is 0 Å². The van der Waals surface area contributed by atoms with Crippen molar-refractivity contribution in [3.63, 3.8) is 0 Å². The lowest BCUT2D eigenvalue weighted by Gasteiger charge is -2.06. The van der Waals surface area contributed by atoms with E-state index < -0.39 is 18.5 Å². The average molecular weight is 157 g/mol. The van der Waals surface area contributed by atoms with Gasteiger partial charge in [0.25, 0.3) is 0 Å². The second-order valence-electron chi connectivity index (χ2n) is 2.10. The Morgan fingerprint density at radius 3 is 2.91 bits per heavy atom. The van der Waals surface area contributed by atoms with Crippen LogP contribution in [-0.4, -0.2) is 21.8 Å². The number of rotatable bonds is 2. The SMILES string of the molecule is OCC(O)c1ccncc1F. The number of halogens is 1. The Morgan fingerprint density at radius 1 is 1.64 bits per heavy atom. The van der Waals surface area contributed by atoms with Gasteiger partial charge in [0.2, 0.25) is 0 Å². The second kappa shape index (κ2) is 3.41. The molecule has 2 N–H and O–H groups in total. The summed E-state index contributed by atoms with van der Waals surface area (Å²) in [6.07, 6.45) is 1.20. The highest BCUT2D eigenvalue weighted by Gasteiger charge is 2.09. The van der Waals surface area contributed by atoms with E-state index in [9.17, 15) is 4.39 Å². The summed E-state index contributed by atoms with van der Waals surface area (Å²) in [7, 11) is 0. The van der Waals surface area contributed by atoms with Crippen molar-refractivity contribution in [1.82, 2.24) is 4.98 Å². The molecule has 0 amide bonds. The maximum absolute atomic E-state index is 12.7. The molecule has 0 radical (unpaired) electrons. The van der Waals surface area contributed by atoms with Crippen LogP contribution in [-0.2, 0) is 0 Å². The van der Waals surface area contributed by atoms with Crippen LogP contribution < -0.4 is 0 Å². The maximum atomic E-state index is 12.7. The third kappa shape index (κ3) is 1.72. The smallest absolute Gasteiger partial charge is 0.147 e. The molecule has 0 saturated carbocycles. The summed E-state index contributed by atoms with van der Waals surface area (Å²) in [5.74, 6) is -0.603. The van der Waals surface area contributed by atoms with Crippen molar-refractivity contribution in [2.75, 3.05) is 6.61 Å². The lowest BCUT2D eigenvalue weighted by Crippen LogP contribution is -2.04. The van der Waals surface area contributed by atoms with Crippen LogP contribution in [0.1, 0.15) is 11.7 Å². The first-order valence-electron chi connectivity index (χ1n) is 3.14. The van der Waals surface area contributed by atoms with Crippen molar-refractivity contribution in [3.8, 4) is 0 Å². The molecule has 60 valence electrons. The van der Waals surface area contributed by atoms with E-state index in [1.165, 1.54) is 12.3 Å². The number of nitrogens with zero attached hydrogens (tertiary/aromatic N) is 1. The topological polar surface area (TPSA) is 53.4 Å². The van der Waals surface area contributed by atoms with Crippen molar-refractivity contribution >= 4 is 0 Å². The zero-order valence-corrected chi connectivity index (χ0v) is 5.74. The lowest BCUT2D eigenvalue weighted by atomic mass is 10.1. The number of aliphatic hydroxyl groups is 2. The van der Waals surface area contributed by atoms with E-state index >= 15 is 0 Å². The summed E-state index contributed by atoms with van der Waals surface area (Å²) in [4.78, 5) is 3.49. The quantitative estimate of drug-likeness (QED) is 0.646. The van der Waals surface area contributed by atoms with Gasteiger partial charge in [-0.25, -0.2) is 4.39 Å². The van der Waals surface area contributed by atoms with Gasteiger partial charge in [-0.2, -0.15) is 0 Å². The van der Waals surface area contributed by atoms with Gasteiger partial charge in [0.15, 0.2) is 0 Å². The molecule has 1 heterocycles. The molecule has 1 rings (SSSR count). The largest absolute Gasteiger partial charge is 0.393 e. The molecule has 0 bridgehead atoms. The molecule has 1 aromatic heterocycles. The van der Waals surface area contributed by atoms with Crippen LogP contribution in [0, 0.1) is 5.82 Å². The average Bonchev–Trinajstić information content (AvgIpc) is 2.04. The van der Waals surface area contributed by atoms with E-state index in [4.69, 9.17) is 10.2 Å². The molecule has 3 nitrogen and oxygen atoms in total. The Balaban J connectivity index is 2.93. The van der Waals surface area contributed by atoms with Crippen molar-refractivity contribution < 1.29 is 14.6 Å². The standard InChI is InChI=1S/C7H8FNO2/c8-6-3-9-2-1-5(6)7(11)4-10/h1-3,7,10-11H,4H2. The minimum atomic E-state index is -1.15. The molecular formula is C7H8FNO2. The van der Waals surface area contributed by atoms with Gasteiger partial charge in [0.05, 0.1) is 12.8 Å². The van der Waals surface area contributed by atoms with E-state index in [0.29, 0.717) is 0 Å². The van der Waals surface area contributed by atoms with Crippen molar-refractivity contribution in [3.05, 3.63) is 29.8 Å². The molecule has 4 heteroatoms. The van der Waals surface area contributed by atoms with E-state index in [-0.39, 0.29) is 5.56 Å². The van der Waals surface area contributed by atoms with Gasteiger partial charge < -0.3 is 10.2 Å². The zero-order valence-electron chi connectivity index (χ0n) is 5.74. The Kier molecular flexibility index (Phi) is 2.51. The highest BCUT2D eigenvalue weighted by Crippen LogP contribution is 2.13. The molecule has 0 aliphatic heterocycles. The molecule has 0 saturated heterocycles. The maximum Gasteiger partial charge on any atom is 0.147 e. The highest BCUT2D eigenvalue weighted by atomic mass is 19.1. The Morgan fingerprint density at radius 2 is 2.36 bits per heavy atom. The van der Waals surface area contributed by atoms with Gasteiger partial charge in [-0.15, -0.1) is 0 Å². The van der Waals surface area contributed by atoms with Gasteiger partial charge in [-0.1, -0.05) is 0 Å². The Hall–Kier alpha value is -1.00. The normalized spacial score (nSPS) is 13.0. The van der Waals surface area contributed by atoms with Gasteiger partial charge >= 0.3 is 0 Å². The lowest BCUT2D eigenvalue weighted by molar-refractivity contribution is 0.0925. The second-order valence-corrected chi connectivity index (χ2v) is 2.10. The van der Waals surface area contributed by atoms with Crippen LogP contribution in [0.15, 0.2) is 18.5 Å². The van der Waals surface area contributed by atoms with E-state index in [1.807, 2.05) is 0 Å². The summed E-state index contributed by atoms with van der Waals surface area (Å²) in [6.45, 7) is -0.485. The number of pyridine rings is 1. The molecule has 11 heavy (non-hydrogen) atoms. The summed E-state index contributed by atoms with van der Waals surface area (Å²) in [5, 5.41) is 17.5. The van der Waals surface area contributed by atoms with Crippen molar-refractivity contribution in [1.29, 1.82) is 0 Å². The third-order valence-corrected chi connectivity index (χ3v) is 1.34. The third-order valence-electron chi connectivity index (χ3n) is 1.34. The van der Waals surface area contributed by atoms with Crippen LogP contribution >= 0.6 is 0 Å². The number of aliphatic hydroxyl groups excluding tert-OH is 2. The number of hydrogen-bond acceptors (Lipinski definition) is 3. The van der Waals surface area contributed by atoms with E-state index in [2.05, 4.69) is 4.98 Å². The van der Waals surface area contributed by atoms with Crippen LogP contribution in [0.4, 0.5) is 4.39 Å². The molecular weight excluding hydrogens is 149 g/mol. The summed E-state index contributed by atoms with van der Waals surface area (Å²) in [6, 6.07) is 1.33. The van der Waals surface area contributed by atoms with Crippen molar-refractivity contribution in [2.24, 2.45) is 0 Å². The molecule has 0 spiro atoms. The minimum absolute atomic E-state index is 0.0718.